The van der Waals surface area contributed by atoms with E-state index in [0.717, 1.165) is 25.9 Å². The Hall–Kier alpha value is -0.910. The molecule has 0 spiro atoms. The monoisotopic (exact) mass is 269 g/mol. The van der Waals surface area contributed by atoms with Gasteiger partial charge in [0.2, 0.25) is 5.91 Å². The first-order valence-corrected chi connectivity index (χ1v) is 7.27. The smallest absolute Gasteiger partial charge is 0.233 e. The molecule has 0 atom stereocenters. The highest BCUT2D eigenvalue weighted by Gasteiger charge is 2.10. The minimum atomic E-state index is -0.0793. The summed E-state index contributed by atoms with van der Waals surface area (Å²) in [6, 6.07) is 4.78. The van der Waals surface area contributed by atoms with E-state index in [1.165, 1.54) is 4.88 Å². The van der Waals surface area contributed by atoms with Crippen molar-refractivity contribution in [1.29, 1.82) is 0 Å². The number of hydrogen-bond donors (Lipinski definition) is 2. The lowest BCUT2D eigenvalue weighted by molar-refractivity contribution is -0.121. The normalized spacial score (nSPS) is 11.2. The van der Waals surface area contributed by atoms with E-state index in [9.17, 15) is 4.79 Å². The first-order valence-electron chi connectivity index (χ1n) is 6.39. The van der Waals surface area contributed by atoms with Crippen molar-refractivity contribution in [3.05, 3.63) is 22.4 Å². The molecule has 5 heteroatoms. The maximum absolute atomic E-state index is 11.0. The zero-order valence-corrected chi connectivity index (χ0v) is 12.0. The van der Waals surface area contributed by atoms with E-state index < -0.39 is 0 Å². The Kier molecular flexibility index (Phi) is 6.93. The molecule has 4 nitrogen and oxygen atoms in total. The van der Waals surface area contributed by atoms with Gasteiger partial charge in [-0.1, -0.05) is 6.07 Å². The molecular formula is C13H23N3OS. The van der Waals surface area contributed by atoms with Crippen LogP contribution in [0.4, 0.5) is 0 Å². The Morgan fingerprint density at radius 1 is 1.50 bits per heavy atom. The van der Waals surface area contributed by atoms with Crippen LogP contribution in [0, 0.1) is 0 Å². The van der Waals surface area contributed by atoms with Crippen LogP contribution in [0.15, 0.2) is 17.5 Å². The predicted octanol–water partition coefficient (Wildman–Crippen LogP) is 2.12. The lowest BCUT2D eigenvalue weighted by atomic mass is 10.2. The van der Waals surface area contributed by atoms with Crippen LogP contribution in [0.1, 0.15) is 38.0 Å². The van der Waals surface area contributed by atoms with Gasteiger partial charge in [-0.2, -0.15) is 0 Å². The lowest BCUT2D eigenvalue weighted by Gasteiger charge is -2.25. The number of nitrogens with two attached hydrogens (primary N) is 1. The molecule has 0 aliphatic carbocycles. The van der Waals surface area contributed by atoms with Gasteiger partial charge in [0.1, 0.15) is 0 Å². The molecule has 0 unspecified atom stereocenters. The van der Waals surface area contributed by atoms with Gasteiger partial charge in [-0.25, -0.2) is 5.84 Å². The van der Waals surface area contributed by atoms with Gasteiger partial charge in [0, 0.05) is 23.9 Å². The van der Waals surface area contributed by atoms with E-state index in [1.807, 2.05) is 0 Å². The largest absolute Gasteiger partial charge is 0.296 e. The second-order valence-corrected chi connectivity index (χ2v) is 5.70. The quantitative estimate of drug-likeness (QED) is 0.329. The second kappa shape index (κ2) is 8.24. The molecule has 102 valence electrons. The molecule has 1 amide bonds. The van der Waals surface area contributed by atoms with Crippen LogP contribution in [0.25, 0.3) is 0 Å². The molecular weight excluding hydrogens is 246 g/mol. The van der Waals surface area contributed by atoms with Gasteiger partial charge in [0.25, 0.3) is 0 Å². The van der Waals surface area contributed by atoms with Gasteiger partial charge in [-0.05, 0) is 44.7 Å². The average Bonchev–Trinajstić information content (AvgIpc) is 2.85. The number of hydrazine groups is 1. The van der Waals surface area contributed by atoms with Gasteiger partial charge in [-0.3, -0.25) is 15.1 Å². The molecule has 0 saturated heterocycles. The molecule has 0 aromatic carbocycles. The summed E-state index contributed by atoms with van der Waals surface area (Å²) < 4.78 is 0. The van der Waals surface area contributed by atoms with E-state index in [4.69, 9.17) is 5.84 Å². The van der Waals surface area contributed by atoms with Crippen molar-refractivity contribution in [2.75, 3.05) is 6.54 Å². The summed E-state index contributed by atoms with van der Waals surface area (Å²) in [5, 5.41) is 2.11. The molecule has 0 fully saturated rings. The van der Waals surface area contributed by atoms with Crippen LogP contribution in [0.3, 0.4) is 0 Å². The maximum atomic E-state index is 11.0. The van der Waals surface area contributed by atoms with Crippen molar-refractivity contribution < 1.29 is 4.79 Å². The van der Waals surface area contributed by atoms with Gasteiger partial charge >= 0.3 is 0 Å². The fourth-order valence-electron chi connectivity index (χ4n) is 1.80. The minimum Gasteiger partial charge on any atom is -0.296 e. The van der Waals surface area contributed by atoms with E-state index in [0.29, 0.717) is 12.5 Å². The maximum Gasteiger partial charge on any atom is 0.233 e. The number of amides is 1. The molecule has 0 aliphatic heterocycles. The summed E-state index contributed by atoms with van der Waals surface area (Å²) in [6.07, 6.45) is 2.43. The number of hydrogen-bond acceptors (Lipinski definition) is 4. The third kappa shape index (κ3) is 5.62. The van der Waals surface area contributed by atoms with E-state index in [-0.39, 0.29) is 5.91 Å². The molecule has 18 heavy (non-hydrogen) atoms. The summed E-state index contributed by atoms with van der Waals surface area (Å²) in [5.41, 5.74) is 2.16. The molecule has 1 rings (SSSR count). The van der Waals surface area contributed by atoms with Crippen molar-refractivity contribution in [3.8, 4) is 0 Å². The van der Waals surface area contributed by atoms with Crippen molar-refractivity contribution in [2.45, 2.75) is 45.7 Å². The fraction of sp³-hybridized carbons (Fsp3) is 0.615. The number of thiophene rings is 1. The van der Waals surface area contributed by atoms with Crippen LogP contribution < -0.4 is 11.3 Å². The molecule has 1 aromatic rings. The Balaban J connectivity index is 2.28. The molecule has 1 heterocycles. The van der Waals surface area contributed by atoms with Crippen LogP contribution >= 0.6 is 11.3 Å². The zero-order valence-electron chi connectivity index (χ0n) is 11.2. The SMILES string of the molecule is CC(C)N(CCCCC(=O)NN)Cc1cccs1. The Morgan fingerprint density at radius 3 is 2.83 bits per heavy atom. The summed E-state index contributed by atoms with van der Waals surface area (Å²) in [6.45, 7) is 6.44. The number of nitrogens with one attached hydrogen (secondary N) is 1. The summed E-state index contributed by atoms with van der Waals surface area (Å²) in [4.78, 5) is 14.8. The van der Waals surface area contributed by atoms with Crippen molar-refractivity contribution in [2.24, 2.45) is 5.84 Å². The Labute approximate surface area is 113 Å². The van der Waals surface area contributed by atoms with Crippen LogP contribution in [0.5, 0.6) is 0 Å². The average molecular weight is 269 g/mol. The summed E-state index contributed by atoms with van der Waals surface area (Å²) >= 11 is 1.79. The van der Waals surface area contributed by atoms with E-state index >= 15 is 0 Å². The Morgan fingerprint density at radius 2 is 2.28 bits per heavy atom. The number of unbranched alkanes of at least 4 members (excludes halogenated alkanes) is 1. The molecule has 3 N–H and O–H groups in total. The van der Waals surface area contributed by atoms with Crippen LogP contribution in [0.2, 0.25) is 0 Å². The highest BCUT2D eigenvalue weighted by atomic mass is 32.1. The molecule has 0 bridgehead atoms. The van der Waals surface area contributed by atoms with Crippen molar-refractivity contribution in [3.63, 3.8) is 0 Å². The van der Waals surface area contributed by atoms with Gasteiger partial charge < -0.3 is 0 Å². The van der Waals surface area contributed by atoms with Gasteiger partial charge in [0.05, 0.1) is 0 Å². The van der Waals surface area contributed by atoms with Crippen LogP contribution in [-0.4, -0.2) is 23.4 Å². The standard InChI is InChI=1S/C13H23N3OS/c1-11(2)16(10-12-6-5-9-18-12)8-4-3-7-13(17)15-14/h5-6,9,11H,3-4,7-8,10,14H2,1-2H3,(H,15,17). The third-order valence-electron chi connectivity index (χ3n) is 2.93. The number of nitrogens with zero attached hydrogens (tertiary/aromatic N) is 1. The fourth-order valence-corrected chi connectivity index (χ4v) is 2.52. The topological polar surface area (TPSA) is 58.4 Å². The number of rotatable bonds is 8. The second-order valence-electron chi connectivity index (χ2n) is 4.67. The zero-order chi connectivity index (χ0) is 13.4. The number of carbonyl (C=O) groups is 1. The highest BCUT2D eigenvalue weighted by Crippen LogP contribution is 2.14. The van der Waals surface area contributed by atoms with E-state index in [2.05, 4.69) is 41.7 Å². The van der Waals surface area contributed by atoms with Crippen LogP contribution in [-0.2, 0) is 11.3 Å². The van der Waals surface area contributed by atoms with Crippen molar-refractivity contribution in [1.82, 2.24) is 10.3 Å². The highest BCUT2D eigenvalue weighted by molar-refractivity contribution is 7.09. The van der Waals surface area contributed by atoms with Gasteiger partial charge in [0.15, 0.2) is 0 Å². The molecule has 0 saturated carbocycles. The minimum absolute atomic E-state index is 0.0793. The third-order valence-corrected chi connectivity index (χ3v) is 3.79. The Bertz CT molecular complexity index is 338. The number of carbonyl (C=O) groups excluding carboxylic acids is 1. The predicted molar refractivity (Wildman–Crippen MR) is 76.0 cm³/mol. The molecule has 0 radical (unpaired) electrons. The first-order chi connectivity index (χ1) is 8.63. The van der Waals surface area contributed by atoms with Crippen molar-refractivity contribution >= 4 is 17.2 Å². The van der Waals surface area contributed by atoms with Gasteiger partial charge in [-0.15, -0.1) is 11.3 Å². The first kappa shape index (κ1) is 15.1. The molecule has 0 aliphatic rings. The molecule has 1 aromatic heterocycles. The van der Waals surface area contributed by atoms with E-state index in [1.54, 1.807) is 11.3 Å². The summed E-state index contributed by atoms with van der Waals surface area (Å²) in [7, 11) is 0. The lowest BCUT2D eigenvalue weighted by Crippen LogP contribution is -2.32. The summed E-state index contributed by atoms with van der Waals surface area (Å²) in [5.74, 6) is 4.96.